The van der Waals surface area contributed by atoms with Crippen molar-refractivity contribution in [3.63, 3.8) is 0 Å². The van der Waals surface area contributed by atoms with Crippen molar-refractivity contribution in [1.29, 1.82) is 0 Å². The smallest absolute Gasteiger partial charge is 0.320 e. The molecule has 0 bridgehead atoms. The molecule has 2 heterocycles. The van der Waals surface area contributed by atoms with E-state index in [0.717, 1.165) is 13.0 Å². The van der Waals surface area contributed by atoms with Crippen LogP contribution in [-0.2, 0) is 11.2 Å². The van der Waals surface area contributed by atoms with E-state index in [1.165, 1.54) is 11.1 Å². The van der Waals surface area contributed by atoms with Gasteiger partial charge in [-0.3, -0.25) is 4.79 Å². The summed E-state index contributed by atoms with van der Waals surface area (Å²) in [6, 6.07) is 8.25. The van der Waals surface area contributed by atoms with Gasteiger partial charge in [0.1, 0.15) is 6.54 Å². The molecular formula is C17H23N3O2. The summed E-state index contributed by atoms with van der Waals surface area (Å²) in [4.78, 5) is 30.5. The number of amides is 3. The standard InChI is InChI=1S/C17H23N3O2/c1-3-18(4-2)17(22)19-11-15-14-8-6-5-7-13(14)9-10-20(15)16(21)12-19/h5-8,15H,3-4,9-12H2,1-2H3/t15-/m0/s1. The van der Waals surface area contributed by atoms with Gasteiger partial charge in [-0.05, 0) is 31.4 Å². The van der Waals surface area contributed by atoms with Gasteiger partial charge in [0.25, 0.3) is 0 Å². The predicted octanol–water partition coefficient (Wildman–Crippen LogP) is 1.89. The molecule has 0 aliphatic carbocycles. The number of nitrogens with zero attached hydrogens (tertiary/aromatic N) is 3. The molecule has 0 saturated carbocycles. The van der Waals surface area contributed by atoms with Crippen molar-refractivity contribution in [1.82, 2.24) is 14.7 Å². The van der Waals surface area contributed by atoms with E-state index in [4.69, 9.17) is 0 Å². The lowest BCUT2D eigenvalue weighted by Crippen LogP contribution is -2.58. The Hall–Kier alpha value is -2.04. The molecule has 5 heteroatoms. The first-order valence-electron chi connectivity index (χ1n) is 8.06. The van der Waals surface area contributed by atoms with Crippen LogP contribution in [0.15, 0.2) is 24.3 Å². The van der Waals surface area contributed by atoms with Gasteiger partial charge in [0.05, 0.1) is 6.04 Å². The van der Waals surface area contributed by atoms with Gasteiger partial charge in [-0.15, -0.1) is 0 Å². The monoisotopic (exact) mass is 301 g/mol. The summed E-state index contributed by atoms with van der Waals surface area (Å²) in [6.07, 6.45) is 0.905. The van der Waals surface area contributed by atoms with Gasteiger partial charge in [-0.1, -0.05) is 24.3 Å². The Morgan fingerprint density at radius 3 is 2.73 bits per heavy atom. The number of rotatable bonds is 2. The summed E-state index contributed by atoms with van der Waals surface area (Å²) in [5, 5.41) is 0. The van der Waals surface area contributed by atoms with E-state index in [1.807, 2.05) is 30.9 Å². The molecular weight excluding hydrogens is 278 g/mol. The maximum Gasteiger partial charge on any atom is 0.320 e. The van der Waals surface area contributed by atoms with Crippen LogP contribution in [0.1, 0.15) is 31.0 Å². The second kappa shape index (κ2) is 5.99. The van der Waals surface area contributed by atoms with Crippen molar-refractivity contribution < 1.29 is 9.59 Å². The van der Waals surface area contributed by atoms with E-state index in [-0.39, 0.29) is 24.5 Å². The lowest BCUT2D eigenvalue weighted by Gasteiger charge is -2.45. The Bertz CT molecular complexity index is 583. The van der Waals surface area contributed by atoms with Crippen LogP contribution in [0.25, 0.3) is 0 Å². The minimum Gasteiger partial charge on any atom is -0.332 e. The molecule has 22 heavy (non-hydrogen) atoms. The molecule has 3 rings (SSSR count). The fourth-order valence-corrected chi connectivity index (χ4v) is 3.51. The number of fused-ring (bicyclic) bond motifs is 3. The van der Waals surface area contributed by atoms with Crippen LogP contribution in [0.2, 0.25) is 0 Å². The largest absolute Gasteiger partial charge is 0.332 e. The number of hydrogen-bond donors (Lipinski definition) is 0. The van der Waals surface area contributed by atoms with Gasteiger partial charge in [0.2, 0.25) is 5.91 Å². The van der Waals surface area contributed by atoms with E-state index in [9.17, 15) is 9.59 Å². The van der Waals surface area contributed by atoms with Crippen molar-refractivity contribution in [2.75, 3.05) is 32.7 Å². The molecule has 0 radical (unpaired) electrons. The first-order valence-corrected chi connectivity index (χ1v) is 8.06. The van der Waals surface area contributed by atoms with Crippen LogP contribution in [0.5, 0.6) is 0 Å². The van der Waals surface area contributed by atoms with Gasteiger partial charge < -0.3 is 14.7 Å². The zero-order valence-electron chi connectivity index (χ0n) is 13.3. The van der Waals surface area contributed by atoms with Crippen molar-refractivity contribution >= 4 is 11.9 Å². The normalized spacial score (nSPS) is 20.5. The van der Waals surface area contributed by atoms with E-state index in [2.05, 4.69) is 12.1 Å². The van der Waals surface area contributed by atoms with Crippen LogP contribution in [-0.4, -0.2) is 59.4 Å². The summed E-state index contributed by atoms with van der Waals surface area (Å²) in [5.41, 5.74) is 2.49. The number of benzene rings is 1. The third-order valence-corrected chi connectivity index (χ3v) is 4.76. The maximum atomic E-state index is 12.6. The van der Waals surface area contributed by atoms with Crippen molar-refractivity contribution in [3.8, 4) is 0 Å². The molecule has 1 atom stereocenters. The van der Waals surface area contributed by atoms with E-state index in [1.54, 1.807) is 9.80 Å². The molecule has 1 aromatic rings. The highest BCUT2D eigenvalue weighted by Gasteiger charge is 2.39. The Kier molecular flexibility index (Phi) is 4.05. The molecule has 0 spiro atoms. The van der Waals surface area contributed by atoms with Gasteiger partial charge in [-0.2, -0.15) is 0 Å². The molecule has 3 amide bonds. The first-order chi connectivity index (χ1) is 10.7. The molecule has 2 aliphatic rings. The third-order valence-electron chi connectivity index (χ3n) is 4.76. The molecule has 1 aromatic carbocycles. The number of piperazine rings is 1. The Morgan fingerprint density at radius 1 is 1.27 bits per heavy atom. The van der Waals surface area contributed by atoms with Crippen LogP contribution in [0, 0.1) is 0 Å². The topological polar surface area (TPSA) is 43.9 Å². The fraction of sp³-hybridized carbons (Fsp3) is 0.529. The maximum absolute atomic E-state index is 12.6. The first kappa shape index (κ1) is 14.9. The van der Waals surface area contributed by atoms with Crippen molar-refractivity contribution in [2.45, 2.75) is 26.3 Å². The van der Waals surface area contributed by atoms with Gasteiger partial charge in [0.15, 0.2) is 0 Å². The van der Waals surface area contributed by atoms with Crippen LogP contribution >= 0.6 is 0 Å². The quantitative estimate of drug-likeness (QED) is 0.837. The van der Waals surface area contributed by atoms with Crippen LogP contribution in [0.3, 0.4) is 0 Å². The molecule has 5 nitrogen and oxygen atoms in total. The van der Waals surface area contributed by atoms with Gasteiger partial charge >= 0.3 is 6.03 Å². The average Bonchev–Trinajstić information content (AvgIpc) is 2.55. The Labute approximate surface area is 131 Å². The molecule has 0 aromatic heterocycles. The third kappa shape index (κ3) is 2.45. The lowest BCUT2D eigenvalue weighted by molar-refractivity contribution is -0.139. The molecule has 0 unspecified atom stereocenters. The highest BCUT2D eigenvalue weighted by atomic mass is 16.2. The van der Waals surface area contributed by atoms with Crippen molar-refractivity contribution in [3.05, 3.63) is 35.4 Å². The summed E-state index contributed by atoms with van der Waals surface area (Å²) in [7, 11) is 0. The molecule has 2 aliphatic heterocycles. The summed E-state index contributed by atoms with van der Waals surface area (Å²) in [6.45, 7) is 6.83. The number of carbonyl (C=O) groups is 2. The second-order valence-corrected chi connectivity index (χ2v) is 5.89. The summed E-state index contributed by atoms with van der Waals surface area (Å²) >= 11 is 0. The molecule has 1 fully saturated rings. The summed E-state index contributed by atoms with van der Waals surface area (Å²) in [5.74, 6) is 0.0614. The Morgan fingerprint density at radius 2 is 2.00 bits per heavy atom. The number of urea groups is 1. The van der Waals surface area contributed by atoms with Gasteiger partial charge in [0, 0.05) is 26.2 Å². The second-order valence-electron chi connectivity index (χ2n) is 5.89. The fourth-order valence-electron chi connectivity index (χ4n) is 3.51. The minimum absolute atomic E-state index is 0.00529. The SMILES string of the molecule is CCN(CC)C(=O)N1CC(=O)N2CCc3ccccc3[C@@H]2C1. The lowest BCUT2D eigenvalue weighted by atomic mass is 9.91. The van der Waals surface area contributed by atoms with Crippen LogP contribution < -0.4 is 0 Å². The summed E-state index contributed by atoms with van der Waals surface area (Å²) < 4.78 is 0. The molecule has 118 valence electrons. The predicted molar refractivity (Wildman–Crippen MR) is 84.5 cm³/mol. The zero-order chi connectivity index (χ0) is 15.7. The Balaban J connectivity index is 1.86. The van der Waals surface area contributed by atoms with Gasteiger partial charge in [-0.25, -0.2) is 4.79 Å². The number of hydrogen-bond acceptors (Lipinski definition) is 2. The van der Waals surface area contributed by atoms with E-state index in [0.29, 0.717) is 19.6 Å². The van der Waals surface area contributed by atoms with E-state index < -0.39 is 0 Å². The molecule has 1 saturated heterocycles. The number of carbonyl (C=O) groups excluding carboxylic acids is 2. The highest BCUT2D eigenvalue weighted by molar-refractivity contribution is 5.86. The van der Waals surface area contributed by atoms with Crippen molar-refractivity contribution in [2.24, 2.45) is 0 Å². The average molecular weight is 301 g/mol. The van der Waals surface area contributed by atoms with Crippen LogP contribution in [0.4, 0.5) is 4.79 Å². The molecule has 0 N–H and O–H groups in total. The van der Waals surface area contributed by atoms with E-state index >= 15 is 0 Å². The zero-order valence-corrected chi connectivity index (χ0v) is 13.3. The minimum atomic E-state index is -0.0268. The highest BCUT2D eigenvalue weighted by Crippen LogP contribution is 2.33.